The maximum Gasteiger partial charge on any atom is 0.240 e. The number of carbonyl (C=O) groups excluding carboxylic acids is 3. The molecule has 1 heterocycles. The number of hydrogen-bond donors (Lipinski definition) is 1. The van der Waals surface area contributed by atoms with E-state index >= 15 is 0 Å². The summed E-state index contributed by atoms with van der Waals surface area (Å²) in [4.78, 5) is 39.1. The molecule has 0 radical (unpaired) electrons. The second-order valence-electron chi connectivity index (χ2n) is 7.93. The first-order chi connectivity index (χ1) is 15.3. The van der Waals surface area contributed by atoms with Crippen LogP contribution < -0.4 is 10.1 Å². The second kappa shape index (κ2) is 10.5. The molecule has 32 heavy (non-hydrogen) atoms. The summed E-state index contributed by atoms with van der Waals surface area (Å²) in [6.07, 6.45) is 1.40. The third kappa shape index (κ3) is 5.59. The molecule has 1 N–H and O–H groups in total. The largest absolute Gasteiger partial charge is 0.496 e. The van der Waals surface area contributed by atoms with Gasteiger partial charge in [-0.3, -0.25) is 19.3 Å². The van der Waals surface area contributed by atoms with Crippen LogP contribution in [-0.2, 0) is 9.59 Å². The predicted molar refractivity (Wildman–Crippen MR) is 127 cm³/mol. The van der Waals surface area contributed by atoms with Gasteiger partial charge >= 0.3 is 0 Å². The van der Waals surface area contributed by atoms with Crippen LogP contribution in [0.25, 0.3) is 0 Å². The first kappa shape index (κ1) is 23.6. The normalized spacial score (nSPS) is 15.8. The molecule has 0 aliphatic carbocycles. The molecule has 0 aromatic heterocycles. The molecular weight excluding hydrogens is 424 g/mol. The summed E-state index contributed by atoms with van der Waals surface area (Å²) >= 11 is 1.25. The van der Waals surface area contributed by atoms with Crippen LogP contribution in [0.1, 0.15) is 54.2 Å². The minimum absolute atomic E-state index is 0.134. The van der Waals surface area contributed by atoms with Gasteiger partial charge in [-0.15, -0.1) is 0 Å². The van der Waals surface area contributed by atoms with Crippen LogP contribution in [0, 0.1) is 0 Å². The van der Waals surface area contributed by atoms with Crippen LogP contribution in [-0.4, -0.2) is 41.9 Å². The number of benzene rings is 2. The van der Waals surface area contributed by atoms with Crippen molar-refractivity contribution >= 4 is 29.4 Å². The second-order valence-corrected chi connectivity index (χ2v) is 8.92. The summed E-state index contributed by atoms with van der Waals surface area (Å²) in [5, 5.41) is 3.41. The number of nitrogens with one attached hydrogen (secondary N) is 1. The van der Waals surface area contributed by atoms with Gasteiger partial charge in [0.2, 0.25) is 11.8 Å². The number of amides is 2. The highest BCUT2D eigenvalue weighted by Crippen LogP contribution is 2.30. The third-order valence-electron chi connectivity index (χ3n) is 5.32. The van der Waals surface area contributed by atoms with Gasteiger partial charge in [-0.05, 0) is 36.1 Å². The van der Waals surface area contributed by atoms with E-state index < -0.39 is 0 Å². The van der Waals surface area contributed by atoms with E-state index in [1.54, 1.807) is 24.3 Å². The molecule has 0 saturated carbocycles. The molecule has 7 heteroatoms. The standard InChI is InChI=1S/C25H28N2O4S/c1-16(2)18-9-11-19(12-10-18)17(3)26-23(29)14-27-24(30)15-32-25(27)13-21(28)20-7-5-6-8-22(20)31-4/h5-13,16-17H,14-15H2,1-4H3,(H,26,29)/b25-13+/t17-/m1/s1. The van der Waals surface area contributed by atoms with Crippen LogP contribution >= 0.6 is 11.8 Å². The average Bonchev–Trinajstić information content (AvgIpc) is 3.12. The van der Waals surface area contributed by atoms with E-state index in [-0.39, 0.29) is 35.9 Å². The molecule has 0 bridgehead atoms. The van der Waals surface area contributed by atoms with Crippen molar-refractivity contribution in [3.63, 3.8) is 0 Å². The zero-order valence-corrected chi connectivity index (χ0v) is 19.6. The highest BCUT2D eigenvalue weighted by Gasteiger charge is 2.29. The monoisotopic (exact) mass is 452 g/mol. The molecule has 3 rings (SSSR count). The summed E-state index contributed by atoms with van der Waals surface area (Å²) in [5.41, 5.74) is 2.64. The van der Waals surface area contributed by atoms with Crippen LogP contribution in [0.5, 0.6) is 5.75 Å². The van der Waals surface area contributed by atoms with E-state index in [4.69, 9.17) is 4.74 Å². The lowest BCUT2D eigenvalue weighted by molar-refractivity contribution is -0.131. The van der Waals surface area contributed by atoms with Gasteiger partial charge < -0.3 is 10.1 Å². The number of carbonyl (C=O) groups is 3. The SMILES string of the molecule is COc1ccccc1C(=O)/C=C1/SCC(=O)N1CC(=O)N[C@H](C)c1ccc(C(C)C)cc1. The minimum Gasteiger partial charge on any atom is -0.496 e. The number of ether oxygens (including phenoxy) is 1. The lowest BCUT2D eigenvalue weighted by Crippen LogP contribution is -2.38. The van der Waals surface area contributed by atoms with Gasteiger partial charge in [-0.2, -0.15) is 0 Å². The van der Waals surface area contributed by atoms with Crippen molar-refractivity contribution < 1.29 is 19.1 Å². The molecule has 1 saturated heterocycles. The number of para-hydroxylation sites is 1. The van der Waals surface area contributed by atoms with Crippen molar-refractivity contribution in [1.29, 1.82) is 0 Å². The molecule has 168 valence electrons. The van der Waals surface area contributed by atoms with E-state index in [1.165, 1.54) is 35.4 Å². The molecule has 0 spiro atoms. The van der Waals surface area contributed by atoms with Gasteiger partial charge in [0.25, 0.3) is 0 Å². The van der Waals surface area contributed by atoms with E-state index in [0.29, 0.717) is 22.3 Å². The zero-order valence-electron chi connectivity index (χ0n) is 18.8. The van der Waals surface area contributed by atoms with Gasteiger partial charge in [-0.1, -0.05) is 62.0 Å². The number of allylic oxidation sites excluding steroid dienone is 1. The lowest BCUT2D eigenvalue weighted by Gasteiger charge is -2.20. The van der Waals surface area contributed by atoms with E-state index in [9.17, 15) is 14.4 Å². The smallest absolute Gasteiger partial charge is 0.240 e. The van der Waals surface area contributed by atoms with Crippen molar-refractivity contribution in [2.45, 2.75) is 32.7 Å². The van der Waals surface area contributed by atoms with Crippen LogP contribution in [0.4, 0.5) is 0 Å². The predicted octanol–water partition coefficient (Wildman–Crippen LogP) is 4.30. The number of methoxy groups -OCH3 is 1. The summed E-state index contributed by atoms with van der Waals surface area (Å²) in [6, 6.07) is 14.9. The fourth-order valence-electron chi connectivity index (χ4n) is 3.42. The summed E-state index contributed by atoms with van der Waals surface area (Å²) < 4.78 is 5.25. The quantitative estimate of drug-likeness (QED) is 0.478. The Labute approximate surface area is 193 Å². The summed E-state index contributed by atoms with van der Waals surface area (Å²) in [7, 11) is 1.50. The molecule has 1 fully saturated rings. The number of ketones is 1. The molecule has 1 atom stereocenters. The molecule has 1 aliphatic rings. The maximum absolute atomic E-state index is 12.7. The van der Waals surface area contributed by atoms with Gasteiger partial charge in [0.05, 0.1) is 29.5 Å². The Morgan fingerprint density at radius 3 is 2.41 bits per heavy atom. The van der Waals surface area contributed by atoms with Crippen molar-refractivity contribution in [3.05, 3.63) is 76.3 Å². The first-order valence-corrected chi connectivity index (χ1v) is 11.5. The zero-order chi connectivity index (χ0) is 23.3. The highest BCUT2D eigenvalue weighted by molar-refractivity contribution is 8.04. The maximum atomic E-state index is 12.7. The van der Waals surface area contributed by atoms with E-state index in [2.05, 4.69) is 31.3 Å². The lowest BCUT2D eigenvalue weighted by atomic mass is 9.99. The Morgan fingerprint density at radius 2 is 1.75 bits per heavy atom. The number of hydrogen-bond acceptors (Lipinski definition) is 5. The molecule has 6 nitrogen and oxygen atoms in total. The highest BCUT2D eigenvalue weighted by atomic mass is 32.2. The van der Waals surface area contributed by atoms with Gasteiger partial charge in [0, 0.05) is 6.08 Å². The third-order valence-corrected chi connectivity index (χ3v) is 6.35. The number of rotatable bonds is 8. The van der Waals surface area contributed by atoms with Gasteiger partial charge in [0.1, 0.15) is 12.3 Å². The fourth-order valence-corrected chi connectivity index (χ4v) is 4.36. The van der Waals surface area contributed by atoms with Gasteiger partial charge in [0.15, 0.2) is 5.78 Å². The Balaban J connectivity index is 1.68. The van der Waals surface area contributed by atoms with Crippen LogP contribution in [0.15, 0.2) is 59.6 Å². The van der Waals surface area contributed by atoms with Crippen molar-refractivity contribution in [2.75, 3.05) is 19.4 Å². The molecule has 2 aromatic carbocycles. The van der Waals surface area contributed by atoms with Crippen molar-refractivity contribution in [1.82, 2.24) is 10.2 Å². The Hall–Kier alpha value is -3.06. The van der Waals surface area contributed by atoms with Gasteiger partial charge in [-0.25, -0.2) is 0 Å². The minimum atomic E-state index is -0.281. The molecular formula is C25H28N2O4S. The Bertz CT molecular complexity index is 1030. The van der Waals surface area contributed by atoms with Crippen molar-refractivity contribution in [3.8, 4) is 5.75 Å². The summed E-state index contributed by atoms with van der Waals surface area (Å²) in [5.74, 6) is 0.352. The molecule has 2 aromatic rings. The molecule has 0 unspecified atom stereocenters. The summed E-state index contributed by atoms with van der Waals surface area (Å²) in [6.45, 7) is 6.04. The fraction of sp³-hybridized carbons (Fsp3) is 0.320. The van der Waals surface area contributed by atoms with E-state index in [1.807, 2.05) is 19.1 Å². The average molecular weight is 453 g/mol. The van der Waals surface area contributed by atoms with E-state index in [0.717, 1.165) is 5.56 Å². The number of nitrogens with zero attached hydrogens (tertiary/aromatic N) is 1. The van der Waals surface area contributed by atoms with Crippen molar-refractivity contribution in [2.24, 2.45) is 0 Å². The first-order valence-electron chi connectivity index (χ1n) is 10.5. The molecule has 2 amide bonds. The number of thioether (sulfide) groups is 1. The van der Waals surface area contributed by atoms with Crippen LogP contribution in [0.2, 0.25) is 0 Å². The van der Waals surface area contributed by atoms with Crippen LogP contribution in [0.3, 0.4) is 0 Å². The molecule has 1 aliphatic heterocycles. The Kier molecular flexibility index (Phi) is 7.75. The topological polar surface area (TPSA) is 75.7 Å². The Morgan fingerprint density at radius 1 is 1.09 bits per heavy atom.